The Balaban J connectivity index is 0.00000176. The highest BCUT2D eigenvalue weighted by Gasteiger charge is 2.18. The Kier molecular flexibility index (Phi) is 4.64. The van der Waals surface area contributed by atoms with Crippen molar-refractivity contribution in [2.45, 2.75) is 13.8 Å². The van der Waals surface area contributed by atoms with Gasteiger partial charge in [-0.25, -0.2) is 18.0 Å². The summed E-state index contributed by atoms with van der Waals surface area (Å²) >= 11 is 0. The zero-order chi connectivity index (χ0) is 15.1. The first kappa shape index (κ1) is 16.6. The van der Waals surface area contributed by atoms with Crippen LogP contribution in [0.3, 0.4) is 0 Å². The summed E-state index contributed by atoms with van der Waals surface area (Å²) in [4.78, 5) is 0. The minimum atomic E-state index is -0.640. The van der Waals surface area contributed by atoms with Gasteiger partial charge in [-0.2, -0.15) is 9.67 Å². The van der Waals surface area contributed by atoms with Gasteiger partial charge in [-0.1, -0.05) is 0 Å². The molecule has 0 N–H and O–H groups in total. The molecule has 7 heteroatoms. The topological polar surface area (TPSA) is 26.6 Å². The van der Waals surface area contributed by atoms with Crippen LogP contribution in [-0.4, -0.2) is 14.3 Å². The first-order valence-electron chi connectivity index (χ1n) is 6.52. The smallest absolute Gasteiger partial charge is 0.248 e. The quantitative estimate of drug-likeness (QED) is 0.405. The van der Waals surface area contributed by atoms with Crippen molar-refractivity contribution >= 4 is 0 Å². The van der Waals surface area contributed by atoms with E-state index >= 15 is 0 Å². The molecule has 0 bridgehead atoms. The number of imidazole rings is 1. The molecule has 0 fully saturated rings. The minimum absolute atomic E-state index is 0. The van der Waals surface area contributed by atoms with Crippen LogP contribution in [0.5, 0.6) is 0 Å². The molecule has 22 heavy (non-hydrogen) atoms. The maximum absolute atomic E-state index is 14.1. The predicted molar refractivity (Wildman–Crippen MR) is 73.5 cm³/mol. The van der Waals surface area contributed by atoms with Crippen molar-refractivity contribution in [3.8, 4) is 11.4 Å². The fraction of sp³-hybridized carbons (Fsp3) is 0.200. The Morgan fingerprint density at radius 2 is 1.73 bits per heavy atom. The number of aromatic nitrogens is 4. The van der Waals surface area contributed by atoms with Crippen molar-refractivity contribution in [2.75, 3.05) is 0 Å². The second-order valence-electron chi connectivity index (χ2n) is 5.08. The SMILES string of the molecule is Cc1cc(C)n(-c2cc(-n3cc[n+](C)c3)c(F)cc2F)n1.[I-]. The molecule has 0 spiro atoms. The summed E-state index contributed by atoms with van der Waals surface area (Å²) in [6.45, 7) is 3.66. The summed E-state index contributed by atoms with van der Waals surface area (Å²) in [5.74, 6) is -1.26. The molecule has 0 atom stereocenters. The van der Waals surface area contributed by atoms with Crippen molar-refractivity contribution in [3.05, 3.63) is 59.9 Å². The van der Waals surface area contributed by atoms with Crippen LogP contribution in [0.1, 0.15) is 11.4 Å². The van der Waals surface area contributed by atoms with E-state index in [9.17, 15) is 8.78 Å². The lowest BCUT2D eigenvalue weighted by molar-refractivity contribution is -0.670. The second kappa shape index (κ2) is 6.15. The summed E-state index contributed by atoms with van der Waals surface area (Å²) in [6.07, 6.45) is 5.20. The Bertz CT molecular complexity index is 823. The van der Waals surface area contributed by atoms with E-state index in [4.69, 9.17) is 0 Å². The van der Waals surface area contributed by atoms with Crippen LogP contribution < -0.4 is 28.5 Å². The molecule has 1 aromatic carbocycles. The third kappa shape index (κ3) is 2.90. The van der Waals surface area contributed by atoms with Crippen molar-refractivity contribution in [3.63, 3.8) is 0 Å². The average molecular weight is 416 g/mol. The number of benzene rings is 1. The van der Waals surface area contributed by atoms with E-state index in [-0.39, 0.29) is 35.4 Å². The molecule has 4 nitrogen and oxygen atoms in total. The van der Waals surface area contributed by atoms with E-state index in [0.29, 0.717) is 0 Å². The minimum Gasteiger partial charge on any atom is -1.00 e. The molecule has 3 rings (SSSR count). The highest BCUT2D eigenvalue weighted by atomic mass is 127. The maximum Gasteiger partial charge on any atom is 0.248 e. The molecule has 0 saturated heterocycles. The standard InChI is InChI=1S/C15H15F2N4.HI/c1-10-6-11(2)21(18-10)15-8-14(12(16)7-13(15)17)20-5-4-19(3)9-20;/h4-9H,1-3H3;1H/q+1;/p-1. The van der Waals surface area contributed by atoms with E-state index in [1.54, 1.807) is 27.9 Å². The van der Waals surface area contributed by atoms with Gasteiger partial charge in [0.05, 0.1) is 12.7 Å². The Morgan fingerprint density at radius 1 is 1.05 bits per heavy atom. The van der Waals surface area contributed by atoms with Gasteiger partial charge in [-0.15, -0.1) is 0 Å². The first-order chi connectivity index (χ1) is 9.95. The summed E-state index contributed by atoms with van der Waals surface area (Å²) < 4.78 is 33.0. The highest BCUT2D eigenvalue weighted by molar-refractivity contribution is 5.46. The maximum atomic E-state index is 14.1. The number of aryl methyl sites for hydroxylation is 3. The van der Waals surface area contributed by atoms with Gasteiger partial charge in [-0.3, -0.25) is 0 Å². The molecular weight excluding hydrogens is 401 g/mol. The van der Waals surface area contributed by atoms with Gasteiger partial charge in [0.25, 0.3) is 0 Å². The van der Waals surface area contributed by atoms with Crippen molar-refractivity contribution in [2.24, 2.45) is 7.05 Å². The third-order valence-electron chi connectivity index (χ3n) is 3.30. The second-order valence-corrected chi connectivity index (χ2v) is 5.08. The van der Waals surface area contributed by atoms with E-state index < -0.39 is 11.6 Å². The summed E-state index contributed by atoms with van der Waals surface area (Å²) in [5.41, 5.74) is 2.08. The highest BCUT2D eigenvalue weighted by Crippen LogP contribution is 2.22. The predicted octanol–water partition coefficient (Wildman–Crippen LogP) is -0.613. The lowest BCUT2D eigenvalue weighted by Gasteiger charge is -2.08. The normalized spacial score (nSPS) is 10.6. The van der Waals surface area contributed by atoms with E-state index in [0.717, 1.165) is 17.5 Å². The van der Waals surface area contributed by atoms with Crippen LogP contribution in [-0.2, 0) is 7.05 Å². The van der Waals surface area contributed by atoms with Gasteiger partial charge in [0.2, 0.25) is 6.33 Å². The molecule has 116 valence electrons. The molecule has 0 unspecified atom stereocenters. The molecular formula is C15H15F2IN4. The number of nitrogens with zero attached hydrogens (tertiary/aromatic N) is 4. The van der Waals surface area contributed by atoms with Crippen LogP contribution in [0, 0.1) is 25.5 Å². The molecule has 2 aromatic heterocycles. The molecule has 0 radical (unpaired) electrons. The lowest BCUT2D eigenvalue weighted by atomic mass is 10.2. The third-order valence-corrected chi connectivity index (χ3v) is 3.30. The Hall–Kier alpha value is -1.77. The van der Waals surface area contributed by atoms with Gasteiger partial charge >= 0.3 is 0 Å². The van der Waals surface area contributed by atoms with Crippen LogP contribution in [0.25, 0.3) is 11.4 Å². The van der Waals surface area contributed by atoms with Crippen molar-refractivity contribution in [1.82, 2.24) is 14.3 Å². The van der Waals surface area contributed by atoms with Crippen LogP contribution in [0.15, 0.2) is 36.9 Å². The summed E-state index contributed by atoms with van der Waals surface area (Å²) in [6, 6.07) is 4.20. The Morgan fingerprint density at radius 3 is 2.27 bits per heavy atom. The van der Waals surface area contributed by atoms with Gasteiger partial charge in [-0.05, 0) is 19.9 Å². The Labute approximate surface area is 144 Å². The zero-order valence-corrected chi connectivity index (χ0v) is 14.5. The van der Waals surface area contributed by atoms with Gasteiger partial charge in [0.15, 0.2) is 17.3 Å². The zero-order valence-electron chi connectivity index (χ0n) is 12.4. The molecule has 0 amide bonds. The largest absolute Gasteiger partial charge is 1.00 e. The average Bonchev–Trinajstić information content (AvgIpc) is 2.96. The van der Waals surface area contributed by atoms with Gasteiger partial charge in [0, 0.05) is 17.8 Å². The number of rotatable bonds is 2. The van der Waals surface area contributed by atoms with Crippen LogP contribution >= 0.6 is 0 Å². The molecule has 0 aliphatic carbocycles. The first-order valence-corrected chi connectivity index (χ1v) is 6.52. The molecule has 2 heterocycles. The van der Waals surface area contributed by atoms with E-state index in [1.165, 1.54) is 10.7 Å². The van der Waals surface area contributed by atoms with Crippen molar-refractivity contribution < 1.29 is 37.3 Å². The van der Waals surface area contributed by atoms with Crippen molar-refractivity contribution in [1.29, 1.82) is 0 Å². The number of halogens is 3. The molecule has 0 aliphatic rings. The van der Waals surface area contributed by atoms with Crippen LogP contribution in [0.4, 0.5) is 8.78 Å². The number of hydrogen-bond donors (Lipinski definition) is 0. The number of hydrogen-bond acceptors (Lipinski definition) is 1. The van der Waals surface area contributed by atoms with Crippen LogP contribution in [0.2, 0.25) is 0 Å². The fourth-order valence-corrected chi connectivity index (χ4v) is 2.35. The molecule has 0 saturated carbocycles. The van der Waals surface area contributed by atoms with E-state index in [2.05, 4.69) is 5.10 Å². The summed E-state index contributed by atoms with van der Waals surface area (Å²) in [5, 5.41) is 4.25. The van der Waals surface area contributed by atoms with E-state index in [1.807, 2.05) is 27.0 Å². The fourth-order valence-electron chi connectivity index (χ4n) is 2.35. The molecule has 0 aliphatic heterocycles. The monoisotopic (exact) mass is 416 g/mol. The molecule has 3 aromatic rings. The lowest BCUT2D eigenvalue weighted by Crippen LogP contribution is -3.00. The summed E-state index contributed by atoms with van der Waals surface area (Å²) in [7, 11) is 1.83. The van der Waals surface area contributed by atoms with Gasteiger partial charge in [0.1, 0.15) is 18.1 Å². The van der Waals surface area contributed by atoms with Gasteiger partial charge < -0.3 is 24.0 Å².